The normalized spacial score (nSPS) is 20.3. The molecule has 0 radical (unpaired) electrons. The summed E-state index contributed by atoms with van der Waals surface area (Å²) in [5, 5.41) is 9.57. The first-order valence-electron chi connectivity index (χ1n) is 8.29. The monoisotopic (exact) mass is 342 g/mol. The molecule has 3 heterocycles. The summed E-state index contributed by atoms with van der Waals surface area (Å²) >= 11 is 0. The van der Waals surface area contributed by atoms with Crippen molar-refractivity contribution in [2.75, 3.05) is 17.6 Å². The highest BCUT2D eigenvalue weighted by atomic mass is 16.2. The lowest BCUT2D eigenvalue weighted by molar-refractivity contribution is -0.146. The minimum Gasteiger partial charge on any atom is -0.383 e. The number of amides is 2. The Hall–Kier alpha value is -2.90. The molecule has 4 N–H and O–H groups in total. The zero-order valence-electron chi connectivity index (χ0n) is 14.3. The number of aryl methyl sites for hydroxylation is 1. The van der Waals surface area contributed by atoms with Crippen LogP contribution in [0.4, 0.5) is 11.5 Å². The van der Waals surface area contributed by atoms with E-state index in [1.54, 1.807) is 24.1 Å². The first-order valence-corrected chi connectivity index (χ1v) is 8.29. The van der Waals surface area contributed by atoms with E-state index in [0.717, 1.165) is 24.1 Å². The molecule has 25 heavy (non-hydrogen) atoms. The summed E-state index contributed by atoms with van der Waals surface area (Å²) in [6, 6.07) is 3.34. The molecule has 2 aromatic heterocycles. The molecule has 3 rings (SSSR count). The van der Waals surface area contributed by atoms with E-state index >= 15 is 0 Å². The molecule has 2 atom stereocenters. The van der Waals surface area contributed by atoms with E-state index in [9.17, 15) is 9.59 Å². The molecule has 2 amide bonds. The fourth-order valence-corrected chi connectivity index (χ4v) is 3.11. The average Bonchev–Trinajstić information content (AvgIpc) is 3.11. The summed E-state index contributed by atoms with van der Waals surface area (Å²) in [5.74, 6) is -0.505. The number of nitrogens with one attached hydrogen (secondary N) is 2. The third kappa shape index (κ3) is 3.62. The molecule has 0 bridgehead atoms. The number of piperidine rings is 1. The van der Waals surface area contributed by atoms with Crippen molar-refractivity contribution in [3.05, 3.63) is 35.8 Å². The summed E-state index contributed by atoms with van der Waals surface area (Å²) in [4.78, 5) is 30.8. The highest BCUT2D eigenvalue weighted by Crippen LogP contribution is 2.32. The predicted octanol–water partition coefficient (Wildman–Crippen LogP) is 1.63. The molecule has 2 unspecified atom stereocenters. The minimum atomic E-state index is -0.680. The molecule has 8 heteroatoms. The number of anilines is 2. The Balaban J connectivity index is 1.76. The molecule has 1 fully saturated rings. The molecule has 0 saturated carbocycles. The topological polar surface area (TPSA) is 117 Å². The van der Waals surface area contributed by atoms with Crippen molar-refractivity contribution in [2.45, 2.75) is 32.7 Å². The minimum absolute atomic E-state index is 0.188. The van der Waals surface area contributed by atoms with Gasteiger partial charge in [0.1, 0.15) is 5.82 Å². The van der Waals surface area contributed by atoms with E-state index in [4.69, 9.17) is 5.73 Å². The number of rotatable bonds is 2. The van der Waals surface area contributed by atoms with Gasteiger partial charge in [0, 0.05) is 12.7 Å². The zero-order chi connectivity index (χ0) is 18.0. The lowest BCUT2D eigenvalue weighted by Crippen LogP contribution is -2.46. The second-order valence-corrected chi connectivity index (χ2v) is 6.54. The fraction of sp³-hybridized carbons (Fsp3) is 0.412. The van der Waals surface area contributed by atoms with Crippen LogP contribution < -0.4 is 11.1 Å². The Bertz CT molecular complexity index is 773. The van der Waals surface area contributed by atoms with Crippen LogP contribution in [0.2, 0.25) is 0 Å². The fourth-order valence-electron chi connectivity index (χ4n) is 3.11. The SMILES string of the molecule is Cc1cc(NC(=O)C(=O)N2CC(C)CCC2c2cc[nH]n2)cnc1N. The number of carbonyl (C=O) groups is 2. The number of H-pyrrole nitrogens is 1. The van der Waals surface area contributed by atoms with E-state index in [1.807, 2.05) is 6.07 Å². The Morgan fingerprint density at radius 3 is 2.88 bits per heavy atom. The van der Waals surface area contributed by atoms with E-state index < -0.39 is 11.8 Å². The summed E-state index contributed by atoms with van der Waals surface area (Å²) in [6.45, 7) is 4.40. The molecule has 1 aliphatic rings. The molecule has 8 nitrogen and oxygen atoms in total. The van der Waals surface area contributed by atoms with Crippen LogP contribution in [-0.2, 0) is 9.59 Å². The van der Waals surface area contributed by atoms with E-state index in [-0.39, 0.29) is 6.04 Å². The van der Waals surface area contributed by atoms with Crippen molar-refractivity contribution in [1.29, 1.82) is 0 Å². The lowest BCUT2D eigenvalue weighted by Gasteiger charge is -2.37. The molecule has 0 aromatic carbocycles. The number of likely N-dealkylation sites (tertiary alicyclic amines) is 1. The molecule has 132 valence electrons. The van der Waals surface area contributed by atoms with Crippen LogP contribution in [0.15, 0.2) is 24.5 Å². The molecule has 1 saturated heterocycles. The van der Waals surface area contributed by atoms with Gasteiger partial charge in [0.15, 0.2) is 0 Å². The number of nitrogen functional groups attached to an aromatic ring is 1. The van der Waals surface area contributed by atoms with Gasteiger partial charge in [-0.1, -0.05) is 6.92 Å². The maximum atomic E-state index is 12.7. The number of nitrogens with two attached hydrogens (primary N) is 1. The van der Waals surface area contributed by atoms with Gasteiger partial charge in [0.25, 0.3) is 0 Å². The summed E-state index contributed by atoms with van der Waals surface area (Å²) in [6.07, 6.45) is 4.94. The van der Waals surface area contributed by atoms with Gasteiger partial charge >= 0.3 is 11.8 Å². The number of aromatic nitrogens is 3. The van der Waals surface area contributed by atoms with Crippen LogP contribution >= 0.6 is 0 Å². The van der Waals surface area contributed by atoms with Gasteiger partial charge in [-0.25, -0.2) is 4.98 Å². The van der Waals surface area contributed by atoms with Crippen molar-refractivity contribution in [2.24, 2.45) is 5.92 Å². The second-order valence-electron chi connectivity index (χ2n) is 6.54. The number of hydrogen-bond donors (Lipinski definition) is 3. The van der Waals surface area contributed by atoms with Crippen LogP contribution in [0, 0.1) is 12.8 Å². The van der Waals surface area contributed by atoms with Crippen molar-refractivity contribution in [3.63, 3.8) is 0 Å². The van der Waals surface area contributed by atoms with Gasteiger partial charge in [0.2, 0.25) is 0 Å². The molecular weight excluding hydrogens is 320 g/mol. The van der Waals surface area contributed by atoms with Crippen molar-refractivity contribution >= 4 is 23.3 Å². The number of hydrogen-bond acceptors (Lipinski definition) is 5. The van der Waals surface area contributed by atoms with Gasteiger partial charge in [0.05, 0.1) is 23.6 Å². The lowest BCUT2D eigenvalue weighted by atomic mass is 9.92. The smallest absolute Gasteiger partial charge is 0.313 e. The number of pyridine rings is 1. The van der Waals surface area contributed by atoms with Gasteiger partial charge in [-0.2, -0.15) is 5.10 Å². The maximum Gasteiger partial charge on any atom is 0.313 e. The highest BCUT2D eigenvalue weighted by molar-refractivity contribution is 6.39. The third-order valence-electron chi connectivity index (χ3n) is 4.51. The van der Waals surface area contributed by atoms with Gasteiger partial charge in [-0.15, -0.1) is 0 Å². The standard InChI is InChI=1S/C17H22N6O2/c1-10-3-4-14(13-5-6-20-22-13)23(9-10)17(25)16(24)21-12-7-11(2)15(18)19-8-12/h5-8,10,14H,3-4,9H2,1-2H3,(H2,18,19)(H,20,22)(H,21,24). The maximum absolute atomic E-state index is 12.7. The second kappa shape index (κ2) is 6.92. The Labute approximate surface area is 145 Å². The van der Waals surface area contributed by atoms with Crippen molar-refractivity contribution in [1.82, 2.24) is 20.1 Å². The first kappa shape index (κ1) is 16.9. The third-order valence-corrected chi connectivity index (χ3v) is 4.51. The molecule has 0 spiro atoms. The van der Waals surface area contributed by atoms with Crippen LogP contribution in [0.1, 0.15) is 37.1 Å². The van der Waals surface area contributed by atoms with Crippen LogP contribution in [0.25, 0.3) is 0 Å². The molecular formula is C17H22N6O2. The van der Waals surface area contributed by atoms with Gasteiger partial charge in [-0.05, 0) is 43.4 Å². The van der Waals surface area contributed by atoms with Crippen LogP contribution in [0.5, 0.6) is 0 Å². The molecule has 2 aromatic rings. The van der Waals surface area contributed by atoms with E-state index in [2.05, 4.69) is 27.4 Å². The summed E-state index contributed by atoms with van der Waals surface area (Å²) < 4.78 is 0. The number of carbonyl (C=O) groups excluding carboxylic acids is 2. The van der Waals surface area contributed by atoms with Gasteiger partial charge < -0.3 is 16.0 Å². The Morgan fingerprint density at radius 2 is 2.20 bits per heavy atom. The van der Waals surface area contributed by atoms with Gasteiger partial charge in [-0.3, -0.25) is 14.7 Å². The predicted molar refractivity (Wildman–Crippen MR) is 93.5 cm³/mol. The number of nitrogens with zero attached hydrogens (tertiary/aromatic N) is 3. The van der Waals surface area contributed by atoms with Crippen molar-refractivity contribution < 1.29 is 9.59 Å². The number of aromatic amines is 1. The summed E-state index contributed by atoms with van der Waals surface area (Å²) in [7, 11) is 0. The Morgan fingerprint density at radius 1 is 1.40 bits per heavy atom. The molecule has 1 aliphatic heterocycles. The van der Waals surface area contributed by atoms with E-state index in [1.165, 1.54) is 6.20 Å². The largest absolute Gasteiger partial charge is 0.383 e. The summed E-state index contributed by atoms with van der Waals surface area (Å²) in [5.41, 5.74) is 7.64. The average molecular weight is 342 g/mol. The Kier molecular flexibility index (Phi) is 4.69. The quantitative estimate of drug-likeness (QED) is 0.717. The molecule has 0 aliphatic carbocycles. The van der Waals surface area contributed by atoms with E-state index in [0.29, 0.717) is 24.0 Å². The highest BCUT2D eigenvalue weighted by Gasteiger charge is 2.35. The first-order chi connectivity index (χ1) is 12.0. The van der Waals surface area contributed by atoms with Crippen molar-refractivity contribution in [3.8, 4) is 0 Å². The van der Waals surface area contributed by atoms with Crippen LogP contribution in [-0.4, -0.2) is 38.4 Å². The van der Waals surface area contributed by atoms with Crippen LogP contribution in [0.3, 0.4) is 0 Å². The zero-order valence-corrected chi connectivity index (χ0v) is 14.3.